The normalized spacial score (nSPS) is 11.5. The van der Waals surface area contributed by atoms with Crippen LogP contribution in [0.1, 0.15) is 6.92 Å². The Hall–Kier alpha value is -1.50. The van der Waals surface area contributed by atoms with E-state index >= 15 is 0 Å². The first-order valence-corrected chi connectivity index (χ1v) is 8.85. The van der Waals surface area contributed by atoms with E-state index < -0.39 is 0 Å². The third kappa shape index (κ3) is 5.85. The fourth-order valence-electron chi connectivity index (χ4n) is 1.90. The van der Waals surface area contributed by atoms with Crippen molar-refractivity contribution in [3.05, 3.63) is 52.0 Å². The Morgan fingerprint density at radius 2 is 1.88 bits per heavy atom. The molecule has 0 aromatic heterocycles. The van der Waals surface area contributed by atoms with Gasteiger partial charge in [-0.3, -0.25) is 0 Å². The van der Waals surface area contributed by atoms with E-state index in [1.165, 1.54) is 0 Å². The smallest absolute Gasteiger partial charge is 0.171 e. The molecule has 0 unspecified atom stereocenters. The Labute approximate surface area is 160 Å². The lowest BCUT2D eigenvalue weighted by Crippen LogP contribution is -2.39. The summed E-state index contributed by atoms with van der Waals surface area (Å²) in [7, 11) is 1.63. The number of hydrogen-bond donors (Lipinski definition) is 2. The number of benzene rings is 2. The average molecular weight is 430 g/mol. The third-order valence-electron chi connectivity index (χ3n) is 3.11. The number of rotatable bonds is 6. The van der Waals surface area contributed by atoms with Crippen LogP contribution in [0.5, 0.6) is 11.5 Å². The van der Waals surface area contributed by atoms with Gasteiger partial charge in [-0.1, -0.05) is 11.6 Å². The summed E-state index contributed by atoms with van der Waals surface area (Å²) in [5, 5.41) is 7.41. The zero-order chi connectivity index (χ0) is 17.5. The number of halogens is 2. The van der Waals surface area contributed by atoms with Crippen LogP contribution in [0.25, 0.3) is 0 Å². The average Bonchev–Trinajstić information content (AvgIpc) is 2.56. The highest BCUT2D eigenvalue weighted by Gasteiger charge is 2.07. The first-order valence-electron chi connectivity index (χ1n) is 7.27. The summed E-state index contributed by atoms with van der Waals surface area (Å²) in [4.78, 5) is 0. The highest BCUT2D eigenvalue weighted by atomic mass is 79.9. The van der Waals surface area contributed by atoms with Crippen LogP contribution in [0.15, 0.2) is 46.9 Å². The molecule has 0 aliphatic rings. The Balaban J connectivity index is 1.79. The molecule has 0 spiro atoms. The van der Waals surface area contributed by atoms with Crippen LogP contribution >= 0.6 is 39.7 Å². The lowest BCUT2D eigenvalue weighted by Gasteiger charge is -2.18. The van der Waals surface area contributed by atoms with Gasteiger partial charge in [0.15, 0.2) is 5.11 Å². The number of ether oxygens (including phenoxy) is 2. The van der Waals surface area contributed by atoms with Crippen molar-refractivity contribution in [2.24, 2.45) is 0 Å². The maximum absolute atomic E-state index is 6.06. The van der Waals surface area contributed by atoms with E-state index in [1.54, 1.807) is 13.2 Å². The summed E-state index contributed by atoms with van der Waals surface area (Å²) in [5.41, 5.74) is 0.823. The number of anilines is 1. The molecule has 2 N–H and O–H groups in total. The molecular formula is C17H18BrClN2O2S. The molecule has 0 heterocycles. The Kier molecular flexibility index (Phi) is 7.15. The first-order chi connectivity index (χ1) is 11.5. The van der Waals surface area contributed by atoms with E-state index in [-0.39, 0.29) is 6.04 Å². The highest BCUT2D eigenvalue weighted by molar-refractivity contribution is 9.10. The topological polar surface area (TPSA) is 42.5 Å². The molecule has 7 heteroatoms. The predicted octanol–water partition coefficient (Wildman–Crippen LogP) is 4.87. The lowest BCUT2D eigenvalue weighted by molar-refractivity contribution is 0.286. The van der Waals surface area contributed by atoms with Gasteiger partial charge in [-0.25, -0.2) is 0 Å². The number of thiocarbonyl (C=S) groups is 1. The van der Waals surface area contributed by atoms with Crippen LogP contribution < -0.4 is 20.1 Å². The Morgan fingerprint density at radius 3 is 2.50 bits per heavy atom. The number of methoxy groups -OCH3 is 1. The lowest BCUT2D eigenvalue weighted by atomic mass is 10.3. The minimum Gasteiger partial charge on any atom is -0.497 e. The zero-order valence-corrected chi connectivity index (χ0v) is 16.5. The van der Waals surface area contributed by atoms with Crippen LogP contribution in [0.4, 0.5) is 5.69 Å². The summed E-state index contributed by atoms with van der Waals surface area (Å²) >= 11 is 14.7. The van der Waals surface area contributed by atoms with Gasteiger partial charge in [-0.05, 0) is 77.5 Å². The summed E-state index contributed by atoms with van der Waals surface area (Å²) in [6.07, 6.45) is 0. The number of hydrogen-bond acceptors (Lipinski definition) is 3. The molecule has 4 nitrogen and oxygen atoms in total. The van der Waals surface area contributed by atoms with Crippen molar-refractivity contribution < 1.29 is 9.47 Å². The van der Waals surface area contributed by atoms with E-state index in [9.17, 15) is 0 Å². The molecule has 128 valence electrons. The van der Waals surface area contributed by atoms with Gasteiger partial charge < -0.3 is 20.1 Å². The van der Waals surface area contributed by atoms with Crippen LogP contribution in [-0.2, 0) is 0 Å². The first kappa shape index (κ1) is 18.8. The summed E-state index contributed by atoms with van der Waals surface area (Å²) < 4.78 is 11.7. The van der Waals surface area contributed by atoms with Gasteiger partial charge in [0.25, 0.3) is 0 Å². The van der Waals surface area contributed by atoms with Gasteiger partial charge in [0.05, 0.1) is 18.2 Å². The van der Waals surface area contributed by atoms with Gasteiger partial charge in [-0.15, -0.1) is 0 Å². The molecule has 0 aliphatic heterocycles. The van der Waals surface area contributed by atoms with Gasteiger partial charge in [0.2, 0.25) is 0 Å². The molecular weight excluding hydrogens is 412 g/mol. The quantitative estimate of drug-likeness (QED) is 0.642. The summed E-state index contributed by atoms with van der Waals surface area (Å²) in [5.74, 6) is 1.58. The summed E-state index contributed by atoms with van der Waals surface area (Å²) in [6.45, 7) is 2.47. The van der Waals surface area contributed by atoms with Crippen molar-refractivity contribution in [3.8, 4) is 11.5 Å². The maximum Gasteiger partial charge on any atom is 0.171 e. The largest absolute Gasteiger partial charge is 0.497 e. The van der Waals surface area contributed by atoms with Crippen molar-refractivity contribution in [2.75, 3.05) is 19.0 Å². The van der Waals surface area contributed by atoms with E-state index in [0.29, 0.717) is 16.7 Å². The molecule has 0 amide bonds. The molecule has 1 atom stereocenters. The van der Waals surface area contributed by atoms with Crippen LogP contribution in [0, 0.1) is 0 Å². The van der Waals surface area contributed by atoms with Gasteiger partial charge in [0.1, 0.15) is 18.1 Å². The van der Waals surface area contributed by atoms with Crippen LogP contribution in [0.2, 0.25) is 5.02 Å². The molecule has 2 aromatic rings. The van der Waals surface area contributed by atoms with Crippen LogP contribution in [0.3, 0.4) is 0 Å². The minimum atomic E-state index is 0.0398. The van der Waals surface area contributed by atoms with Crippen molar-refractivity contribution in [1.82, 2.24) is 5.32 Å². The zero-order valence-electron chi connectivity index (χ0n) is 13.3. The highest BCUT2D eigenvalue weighted by Crippen LogP contribution is 2.25. The van der Waals surface area contributed by atoms with Gasteiger partial charge in [-0.2, -0.15) is 0 Å². The van der Waals surface area contributed by atoms with E-state index in [2.05, 4.69) is 26.6 Å². The monoisotopic (exact) mass is 428 g/mol. The SMILES string of the molecule is COc1ccc(OC[C@@H](C)NC(=S)Nc2ccc(Br)c(Cl)c2)cc1. The number of nitrogens with one attached hydrogen (secondary N) is 2. The second-order valence-electron chi connectivity index (χ2n) is 5.11. The standard InChI is InChI=1S/C17H18BrClN2O2S/c1-11(10-23-14-6-4-13(22-2)5-7-14)20-17(24)21-12-3-8-15(18)16(19)9-12/h3-9,11H,10H2,1-2H3,(H2,20,21,24)/t11-/m1/s1. The maximum atomic E-state index is 6.06. The van der Waals surface area contributed by atoms with Crippen molar-refractivity contribution in [1.29, 1.82) is 0 Å². The molecule has 0 radical (unpaired) electrons. The molecule has 24 heavy (non-hydrogen) atoms. The molecule has 2 aromatic carbocycles. The van der Waals surface area contributed by atoms with Crippen molar-refractivity contribution >= 4 is 50.5 Å². The Bertz CT molecular complexity index is 697. The van der Waals surface area contributed by atoms with Crippen molar-refractivity contribution in [2.45, 2.75) is 13.0 Å². The minimum absolute atomic E-state index is 0.0398. The van der Waals surface area contributed by atoms with Gasteiger partial charge >= 0.3 is 0 Å². The van der Waals surface area contributed by atoms with Gasteiger partial charge in [0, 0.05) is 10.2 Å². The molecule has 0 saturated carbocycles. The summed E-state index contributed by atoms with van der Waals surface area (Å²) in [6, 6.07) is 13.0. The molecule has 0 saturated heterocycles. The van der Waals surface area contributed by atoms with E-state index in [0.717, 1.165) is 21.7 Å². The predicted molar refractivity (Wildman–Crippen MR) is 106 cm³/mol. The third-order valence-corrected chi connectivity index (χ3v) is 4.57. The molecule has 0 fully saturated rings. The Morgan fingerprint density at radius 1 is 1.21 bits per heavy atom. The van der Waals surface area contributed by atoms with E-state index in [1.807, 2.05) is 43.3 Å². The fourth-order valence-corrected chi connectivity index (χ4v) is 2.65. The molecule has 0 aliphatic carbocycles. The molecule has 2 rings (SSSR count). The molecule has 0 bridgehead atoms. The second-order valence-corrected chi connectivity index (χ2v) is 6.78. The second kappa shape index (κ2) is 9.11. The van der Waals surface area contributed by atoms with E-state index in [4.69, 9.17) is 33.3 Å². The van der Waals surface area contributed by atoms with Crippen molar-refractivity contribution in [3.63, 3.8) is 0 Å². The van der Waals surface area contributed by atoms with Crippen LogP contribution in [-0.4, -0.2) is 24.9 Å². The fraction of sp³-hybridized carbons (Fsp3) is 0.235.